The Bertz CT molecular complexity index is 3190. The van der Waals surface area contributed by atoms with Crippen LogP contribution in [0.25, 0.3) is 0 Å². The van der Waals surface area contributed by atoms with Gasteiger partial charge in [0.15, 0.2) is 23.2 Å². The maximum Gasteiger partial charge on any atom is 0.257 e. The summed E-state index contributed by atoms with van der Waals surface area (Å²) in [7, 11) is 4.44. The van der Waals surface area contributed by atoms with Crippen molar-refractivity contribution >= 4 is 69.6 Å². The van der Waals surface area contributed by atoms with Gasteiger partial charge in [-0.2, -0.15) is 0 Å². The van der Waals surface area contributed by atoms with Crippen LogP contribution in [-0.2, 0) is 20.8 Å². The maximum atomic E-state index is 14.8. The predicted octanol–water partition coefficient (Wildman–Crippen LogP) is 11.5. The zero-order chi connectivity index (χ0) is 60.4. The van der Waals surface area contributed by atoms with Crippen LogP contribution < -0.4 is 20.4 Å². The van der Waals surface area contributed by atoms with E-state index in [4.69, 9.17) is 0 Å². The molecule has 1 unspecified atom stereocenters. The van der Waals surface area contributed by atoms with Crippen LogP contribution in [0, 0.1) is 0 Å². The van der Waals surface area contributed by atoms with Gasteiger partial charge in [-0.25, -0.2) is 9.97 Å². The van der Waals surface area contributed by atoms with E-state index in [-0.39, 0.29) is 67.3 Å². The number of unbranched alkanes of at least 4 members (excludes halogenated alkanes) is 11. The number of para-hydroxylation sites is 2. The summed E-state index contributed by atoms with van der Waals surface area (Å²) in [5.41, 5.74) is 5.18. The average Bonchev–Trinajstić information content (AvgIpc) is 1.94. The van der Waals surface area contributed by atoms with E-state index in [2.05, 4.69) is 68.2 Å². The fourth-order valence-electron chi connectivity index (χ4n) is 12.2. The second kappa shape index (κ2) is 31.0. The summed E-state index contributed by atoms with van der Waals surface area (Å²) in [4.78, 5) is 109. The van der Waals surface area contributed by atoms with E-state index in [1.165, 1.54) is 43.4 Å². The number of anilines is 6. The Morgan fingerprint density at radius 2 is 0.942 bits per heavy atom. The molecule has 17 nitrogen and oxygen atoms in total. The highest BCUT2D eigenvalue weighted by molar-refractivity contribution is 6.18. The molecule has 86 heavy (non-hydrogen) atoms. The number of amides is 4. The summed E-state index contributed by atoms with van der Waals surface area (Å²) in [6.45, 7) is 9.96. The van der Waals surface area contributed by atoms with Gasteiger partial charge in [-0.3, -0.25) is 53.4 Å². The molecule has 0 saturated carbocycles. The molecule has 0 radical (unpaired) electrons. The molecule has 3 aliphatic rings. The molecule has 0 fully saturated rings. The lowest BCUT2D eigenvalue weighted by Gasteiger charge is -2.30. The van der Waals surface area contributed by atoms with Gasteiger partial charge in [0, 0.05) is 36.6 Å². The number of rotatable bonds is 31. The Labute approximate surface area is 507 Å². The van der Waals surface area contributed by atoms with E-state index in [0.29, 0.717) is 68.9 Å². The van der Waals surface area contributed by atoms with Crippen LogP contribution >= 0.6 is 0 Å². The number of benzene rings is 3. The third-order valence-corrected chi connectivity index (χ3v) is 16.9. The van der Waals surface area contributed by atoms with Crippen LogP contribution in [0.3, 0.4) is 0 Å². The molecule has 2 aliphatic heterocycles. The van der Waals surface area contributed by atoms with Crippen LogP contribution in [0.1, 0.15) is 158 Å². The number of nitrogens with one attached hydrogen (secondary N) is 2. The molecule has 5 heterocycles. The van der Waals surface area contributed by atoms with Crippen LogP contribution in [-0.4, -0.2) is 149 Å². The zero-order valence-electron chi connectivity index (χ0n) is 50.7. The van der Waals surface area contributed by atoms with Crippen molar-refractivity contribution in [2.75, 3.05) is 93.4 Å². The lowest BCUT2D eigenvalue weighted by molar-refractivity contribution is -0.123. The summed E-state index contributed by atoms with van der Waals surface area (Å²) in [6.07, 6.45) is 20.7. The molecule has 452 valence electrons. The number of fused-ring (bicyclic) bond motifs is 6. The summed E-state index contributed by atoms with van der Waals surface area (Å²) >= 11 is 0. The molecule has 4 amide bonds. The highest BCUT2D eigenvalue weighted by atomic mass is 16.2. The number of carbonyl (C=O) groups is 6. The van der Waals surface area contributed by atoms with Gasteiger partial charge in [0.05, 0.1) is 65.1 Å². The Morgan fingerprint density at radius 3 is 1.48 bits per heavy atom. The molecule has 0 saturated heterocycles. The molecule has 0 spiro atoms. The normalized spacial score (nSPS) is 14.4. The highest BCUT2D eigenvalue weighted by Crippen LogP contribution is 2.39. The van der Waals surface area contributed by atoms with Crippen molar-refractivity contribution in [1.82, 2.24) is 34.6 Å². The number of Topliss-reactive ketones (excluding diaryl/α,β-unsaturated/α-hetero) is 2. The van der Waals surface area contributed by atoms with Crippen LogP contribution in [0.2, 0.25) is 0 Å². The third kappa shape index (κ3) is 16.2. The van der Waals surface area contributed by atoms with Gasteiger partial charge >= 0.3 is 0 Å². The standard InChI is InChI=1S/C69H85N11O6/c1-50(2)78(49-63(84)80-59-36-18-16-32-55(59)69(86)74-57-34-27-39-72-67(57)80)45-24-12-10-22-43-76(4)41-20-8-6-5-7-19-40-75(3)42-21-9-11-23-44-77(47-61(82)64-53-30-14-13-29-52(53)60(81)46-51-28-25-37-70-65(51)64)48-62(83)79-58-35-17-15-31-54(58)68(85)73-56-33-26-38-71-66(56)79/h13-18,25-39,50,64H,5-12,19-24,40-49H2,1-4H3,(H,73,85)(H,74,86). The zero-order valence-corrected chi connectivity index (χ0v) is 50.7. The minimum atomic E-state index is -0.776. The van der Waals surface area contributed by atoms with E-state index >= 15 is 0 Å². The molecule has 1 aliphatic carbocycles. The SMILES string of the molecule is CC(C)N(CCCCCCN(C)CCCCCCCCN(C)CCCCCCN(CC(=O)C1c2ccccc2C(=O)Cc2cccnc21)CC(=O)N1c2ccccc2C(=O)Nc2cccnc21)CC(=O)N1c2ccccc2C(=O)Nc2cccnc21. The first-order chi connectivity index (χ1) is 41.9. The van der Waals surface area contributed by atoms with Crippen molar-refractivity contribution in [1.29, 1.82) is 0 Å². The Kier molecular flexibility index (Phi) is 22.6. The smallest absolute Gasteiger partial charge is 0.257 e. The number of nitrogens with zero attached hydrogens (tertiary/aromatic N) is 9. The van der Waals surface area contributed by atoms with Crippen molar-refractivity contribution < 1.29 is 28.8 Å². The molecule has 0 bridgehead atoms. The lowest BCUT2D eigenvalue weighted by Crippen LogP contribution is -2.42. The summed E-state index contributed by atoms with van der Waals surface area (Å²) in [5, 5.41) is 5.84. The van der Waals surface area contributed by atoms with E-state index < -0.39 is 5.92 Å². The number of aromatic nitrogens is 3. The first-order valence-corrected chi connectivity index (χ1v) is 31.1. The van der Waals surface area contributed by atoms with Crippen molar-refractivity contribution in [2.45, 2.75) is 122 Å². The first-order valence-electron chi connectivity index (χ1n) is 31.1. The van der Waals surface area contributed by atoms with E-state index in [1.54, 1.807) is 90.2 Å². The number of ketones is 2. The minimum absolute atomic E-state index is 0.0398. The minimum Gasteiger partial charge on any atom is -0.319 e. The van der Waals surface area contributed by atoms with Crippen LogP contribution in [0.4, 0.5) is 34.4 Å². The van der Waals surface area contributed by atoms with Crippen molar-refractivity contribution in [3.63, 3.8) is 0 Å². The second-order valence-corrected chi connectivity index (χ2v) is 23.6. The quantitative estimate of drug-likeness (QED) is 0.0392. The van der Waals surface area contributed by atoms with E-state index in [9.17, 15) is 28.8 Å². The highest BCUT2D eigenvalue weighted by Gasteiger charge is 2.37. The maximum absolute atomic E-state index is 14.8. The van der Waals surface area contributed by atoms with Gasteiger partial charge in [-0.15, -0.1) is 0 Å². The molecular formula is C69H85N11O6. The summed E-state index contributed by atoms with van der Waals surface area (Å²) < 4.78 is 0. The van der Waals surface area contributed by atoms with Crippen LogP contribution in [0.15, 0.2) is 128 Å². The van der Waals surface area contributed by atoms with E-state index in [0.717, 1.165) is 89.7 Å². The van der Waals surface area contributed by atoms with Gasteiger partial charge in [0.1, 0.15) is 0 Å². The molecule has 1 atom stereocenters. The molecular weight excluding hydrogens is 1080 g/mol. The van der Waals surface area contributed by atoms with Crippen molar-refractivity contribution in [2.24, 2.45) is 0 Å². The average molecular weight is 1160 g/mol. The molecule has 9 rings (SSSR count). The largest absolute Gasteiger partial charge is 0.319 e. The molecule has 3 aromatic heterocycles. The fourth-order valence-corrected chi connectivity index (χ4v) is 12.2. The molecule has 17 heteroatoms. The van der Waals surface area contributed by atoms with Gasteiger partial charge in [-0.05, 0) is 171 Å². The Balaban J connectivity index is 0.660. The Hall–Kier alpha value is -7.83. The molecule has 2 N–H and O–H groups in total. The monoisotopic (exact) mass is 1160 g/mol. The number of hydrogen-bond donors (Lipinski definition) is 2. The van der Waals surface area contributed by atoms with Crippen molar-refractivity contribution in [3.8, 4) is 0 Å². The molecule has 3 aromatic carbocycles. The van der Waals surface area contributed by atoms with Gasteiger partial charge < -0.3 is 20.4 Å². The number of carbonyl (C=O) groups excluding carboxylic acids is 6. The van der Waals surface area contributed by atoms with Gasteiger partial charge in [-0.1, -0.05) is 106 Å². The molecule has 6 aromatic rings. The number of pyridine rings is 3. The predicted molar refractivity (Wildman–Crippen MR) is 340 cm³/mol. The summed E-state index contributed by atoms with van der Waals surface area (Å²) in [5.74, 6) is -1.22. The van der Waals surface area contributed by atoms with Gasteiger partial charge in [0.25, 0.3) is 11.8 Å². The summed E-state index contributed by atoms with van der Waals surface area (Å²) in [6, 6.07) is 32.3. The second-order valence-electron chi connectivity index (χ2n) is 23.6. The lowest BCUT2D eigenvalue weighted by atomic mass is 9.87. The Morgan fingerprint density at radius 1 is 0.500 bits per heavy atom. The van der Waals surface area contributed by atoms with E-state index in [1.807, 2.05) is 47.4 Å². The number of hydrogen-bond acceptors (Lipinski definition) is 13. The van der Waals surface area contributed by atoms with Crippen LogP contribution in [0.5, 0.6) is 0 Å². The van der Waals surface area contributed by atoms with Gasteiger partial charge in [0.2, 0.25) is 11.8 Å². The van der Waals surface area contributed by atoms with Crippen molar-refractivity contribution in [3.05, 3.63) is 161 Å². The topological polar surface area (TPSA) is 185 Å². The first kappa shape index (κ1) is 62.7. The third-order valence-electron chi connectivity index (χ3n) is 16.9. The fraction of sp³-hybridized carbons (Fsp3) is 0.435.